The molecule has 0 aromatic carbocycles. The van der Waals surface area contributed by atoms with E-state index in [-0.39, 0.29) is 0 Å². The molecule has 1 heterocycles. The zero-order valence-corrected chi connectivity index (χ0v) is 7.89. The lowest BCUT2D eigenvalue weighted by atomic mass is 10.3. The summed E-state index contributed by atoms with van der Waals surface area (Å²) in [5.74, 6) is 0.939. The molecule has 0 spiro atoms. The molecule has 1 aromatic rings. The van der Waals surface area contributed by atoms with E-state index in [2.05, 4.69) is 22.2 Å². The number of anilines is 1. The Hall–Kier alpha value is -1.12. The summed E-state index contributed by atoms with van der Waals surface area (Å²) >= 11 is 0. The molecular formula is C9H15N3. The van der Waals surface area contributed by atoms with Crippen LogP contribution in [0.3, 0.4) is 0 Å². The maximum absolute atomic E-state index is 4.36. The number of nitrogens with zero attached hydrogens (tertiary/aromatic N) is 2. The molecule has 0 bridgehead atoms. The van der Waals surface area contributed by atoms with Gasteiger partial charge in [-0.05, 0) is 13.3 Å². The summed E-state index contributed by atoms with van der Waals surface area (Å²) in [5.41, 5.74) is 2.03. The number of nitrogens with one attached hydrogen (secondary N) is 1. The second kappa shape index (κ2) is 4.04. The molecule has 0 amide bonds. The SMILES string of the molecule is CCCc1ncc(NC)c(C)n1. The van der Waals surface area contributed by atoms with Crippen LogP contribution in [0.2, 0.25) is 0 Å². The topological polar surface area (TPSA) is 37.8 Å². The van der Waals surface area contributed by atoms with Gasteiger partial charge in [0.25, 0.3) is 0 Å². The monoisotopic (exact) mass is 165 g/mol. The summed E-state index contributed by atoms with van der Waals surface area (Å²) in [5, 5.41) is 3.04. The van der Waals surface area contributed by atoms with Gasteiger partial charge in [0.05, 0.1) is 17.6 Å². The molecule has 0 aliphatic carbocycles. The molecule has 0 atom stereocenters. The van der Waals surface area contributed by atoms with Crippen LogP contribution in [0.4, 0.5) is 5.69 Å². The van der Waals surface area contributed by atoms with Crippen molar-refractivity contribution in [3.63, 3.8) is 0 Å². The van der Waals surface area contributed by atoms with E-state index in [1.54, 1.807) is 0 Å². The van der Waals surface area contributed by atoms with Gasteiger partial charge in [0, 0.05) is 13.5 Å². The van der Waals surface area contributed by atoms with Crippen molar-refractivity contribution in [2.24, 2.45) is 0 Å². The highest BCUT2D eigenvalue weighted by molar-refractivity contribution is 5.44. The van der Waals surface area contributed by atoms with Crippen LogP contribution in [0.15, 0.2) is 6.20 Å². The lowest BCUT2D eigenvalue weighted by Crippen LogP contribution is -2.00. The molecule has 0 aliphatic rings. The molecule has 0 saturated heterocycles. The van der Waals surface area contributed by atoms with Crippen molar-refractivity contribution in [1.82, 2.24) is 9.97 Å². The van der Waals surface area contributed by atoms with E-state index in [0.717, 1.165) is 30.0 Å². The van der Waals surface area contributed by atoms with Gasteiger partial charge in [-0.1, -0.05) is 6.92 Å². The van der Waals surface area contributed by atoms with Crippen molar-refractivity contribution in [2.45, 2.75) is 26.7 Å². The Morgan fingerprint density at radius 1 is 1.50 bits per heavy atom. The van der Waals surface area contributed by atoms with Crippen LogP contribution >= 0.6 is 0 Å². The van der Waals surface area contributed by atoms with E-state index >= 15 is 0 Å². The lowest BCUT2D eigenvalue weighted by Gasteiger charge is -2.04. The largest absolute Gasteiger partial charge is 0.385 e. The standard InChI is InChI=1S/C9H15N3/c1-4-5-9-11-6-8(10-3)7(2)12-9/h6,10H,4-5H2,1-3H3. The average Bonchev–Trinajstić information content (AvgIpc) is 2.05. The molecule has 0 saturated carbocycles. The highest BCUT2D eigenvalue weighted by atomic mass is 14.9. The second-order valence-corrected chi connectivity index (χ2v) is 2.79. The Kier molecular flexibility index (Phi) is 3.02. The summed E-state index contributed by atoms with van der Waals surface area (Å²) in [6.07, 6.45) is 3.90. The van der Waals surface area contributed by atoms with Crippen LogP contribution < -0.4 is 5.32 Å². The first-order valence-corrected chi connectivity index (χ1v) is 4.28. The van der Waals surface area contributed by atoms with Crippen molar-refractivity contribution in [3.8, 4) is 0 Å². The van der Waals surface area contributed by atoms with E-state index in [4.69, 9.17) is 0 Å². The summed E-state index contributed by atoms with van der Waals surface area (Å²) in [4.78, 5) is 8.59. The van der Waals surface area contributed by atoms with Crippen LogP contribution in [0.1, 0.15) is 24.9 Å². The summed E-state index contributed by atoms with van der Waals surface area (Å²) in [6.45, 7) is 4.12. The lowest BCUT2D eigenvalue weighted by molar-refractivity contribution is 0.826. The fourth-order valence-corrected chi connectivity index (χ4v) is 1.10. The minimum absolute atomic E-state index is 0.939. The van der Waals surface area contributed by atoms with Crippen molar-refractivity contribution >= 4 is 5.69 Å². The Morgan fingerprint density at radius 3 is 2.75 bits per heavy atom. The highest BCUT2D eigenvalue weighted by Crippen LogP contribution is 2.09. The van der Waals surface area contributed by atoms with Gasteiger partial charge in [0.2, 0.25) is 0 Å². The van der Waals surface area contributed by atoms with Gasteiger partial charge >= 0.3 is 0 Å². The molecule has 0 radical (unpaired) electrons. The molecule has 1 rings (SSSR count). The second-order valence-electron chi connectivity index (χ2n) is 2.79. The van der Waals surface area contributed by atoms with E-state index in [0.29, 0.717) is 0 Å². The van der Waals surface area contributed by atoms with Crippen molar-refractivity contribution in [3.05, 3.63) is 17.7 Å². The molecule has 0 unspecified atom stereocenters. The maximum Gasteiger partial charge on any atom is 0.128 e. The Bertz CT molecular complexity index is 258. The third-order valence-corrected chi connectivity index (χ3v) is 1.77. The number of aromatic nitrogens is 2. The molecule has 66 valence electrons. The molecule has 1 aromatic heterocycles. The smallest absolute Gasteiger partial charge is 0.128 e. The van der Waals surface area contributed by atoms with Crippen LogP contribution in [0, 0.1) is 6.92 Å². The number of rotatable bonds is 3. The Morgan fingerprint density at radius 2 is 2.25 bits per heavy atom. The molecule has 3 heteroatoms. The van der Waals surface area contributed by atoms with Crippen LogP contribution in [0.25, 0.3) is 0 Å². The summed E-state index contributed by atoms with van der Waals surface area (Å²) < 4.78 is 0. The van der Waals surface area contributed by atoms with Crippen LogP contribution in [-0.2, 0) is 6.42 Å². The molecule has 3 nitrogen and oxygen atoms in total. The zero-order chi connectivity index (χ0) is 8.97. The van der Waals surface area contributed by atoms with Gasteiger partial charge in [-0.2, -0.15) is 0 Å². The minimum atomic E-state index is 0.939. The first-order valence-electron chi connectivity index (χ1n) is 4.28. The predicted molar refractivity (Wildman–Crippen MR) is 50.3 cm³/mol. The van der Waals surface area contributed by atoms with E-state index in [1.807, 2.05) is 20.2 Å². The first-order chi connectivity index (χ1) is 5.77. The minimum Gasteiger partial charge on any atom is -0.385 e. The number of hydrogen-bond acceptors (Lipinski definition) is 3. The molecular weight excluding hydrogens is 150 g/mol. The fourth-order valence-electron chi connectivity index (χ4n) is 1.10. The van der Waals surface area contributed by atoms with Crippen LogP contribution in [0.5, 0.6) is 0 Å². The van der Waals surface area contributed by atoms with Crippen molar-refractivity contribution < 1.29 is 0 Å². The summed E-state index contributed by atoms with van der Waals surface area (Å²) in [7, 11) is 1.88. The van der Waals surface area contributed by atoms with Gasteiger partial charge in [0.15, 0.2) is 0 Å². The zero-order valence-electron chi connectivity index (χ0n) is 7.89. The van der Waals surface area contributed by atoms with Crippen LogP contribution in [-0.4, -0.2) is 17.0 Å². The fraction of sp³-hybridized carbons (Fsp3) is 0.556. The van der Waals surface area contributed by atoms with Crippen molar-refractivity contribution in [1.29, 1.82) is 0 Å². The number of hydrogen-bond donors (Lipinski definition) is 1. The number of aryl methyl sites for hydroxylation is 2. The van der Waals surface area contributed by atoms with Gasteiger partial charge in [-0.25, -0.2) is 9.97 Å². The average molecular weight is 165 g/mol. The van der Waals surface area contributed by atoms with Gasteiger partial charge < -0.3 is 5.32 Å². The maximum atomic E-state index is 4.36. The Balaban J connectivity index is 2.86. The normalized spacial score (nSPS) is 9.92. The third kappa shape index (κ3) is 1.94. The van der Waals surface area contributed by atoms with Crippen molar-refractivity contribution in [2.75, 3.05) is 12.4 Å². The summed E-state index contributed by atoms with van der Waals surface area (Å²) in [6, 6.07) is 0. The van der Waals surface area contributed by atoms with E-state index < -0.39 is 0 Å². The quantitative estimate of drug-likeness (QED) is 0.741. The highest BCUT2D eigenvalue weighted by Gasteiger charge is 1.99. The van der Waals surface area contributed by atoms with E-state index in [1.165, 1.54) is 0 Å². The molecule has 1 N–H and O–H groups in total. The van der Waals surface area contributed by atoms with Gasteiger partial charge in [0.1, 0.15) is 5.82 Å². The molecule has 0 aliphatic heterocycles. The first kappa shape index (κ1) is 8.97. The van der Waals surface area contributed by atoms with E-state index in [9.17, 15) is 0 Å². The van der Waals surface area contributed by atoms with Gasteiger partial charge in [-0.3, -0.25) is 0 Å². The third-order valence-electron chi connectivity index (χ3n) is 1.77. The molecule has 12 heavy (non-hydrogen) atoms. The molecule has 0 fully saturated rings. The predicted octanol–water partition coefficient (Wildman–Crippen LogP) is 1.78. The van der Waals surface area contributed by atoms with Gasteiger partial charge in [-0.15, -0.1) is 0 Å². The Labute approximate surface area is 73.2 Å².